The van der Waals surface area contributed by atoms with Crippen molar-refractivity contribution in [3.05, 3.63) is 59.1 Å². The van der Waals surface area contributed by atoms with Crippen molar-refractivity contribution in [3.8, 4) is 5.75 Å². The van der Waals surface area contributed by atoms with E-state index in [1.54, 1.807) is 35.6 Å². The summed E-state index contributed by atoms with van der Waals surface area (Å²) in [5.74, 6) is -0.0243. The first-order valence-electron chi connectivity index (χ1n) is 8.33. The molecule has 0 saturated heterocycles. The third-order valence-corrected chi connectivity index (χ3v) is 4.96. The van der Waals surface area contributed by atoms with E-state index < -0.39 is 0 Å². The van der Waals surface area contributed by atoms with Crippen LogP contribution in [0.25, 0.3) is 10.2 Å². The summed E-state index contributed by atoms with van der Waals surface area (Å²) in [6.45, 7) is -0.257. The Kier molecular flexibility index (Phi) is 5.96. The fourth-order valence-electron chi connectivity index (χ4n) is 2.51. The summed E-state index contributed by atoms with van der Waals surface area (Å²) < 4.78 is 11.3. The van der Waals surface area contributed by atoms with E-state index >= 15 is 0 Å². The maximum atomic E-state index is 12.1. The maximum Gasteiger partial charge on any atom is 0.306 e. The smallest absolute Gasteiger partial charge is 0.306 e. The molecule has 0 unspecified atom stereocenters. The van der Waals surface area contributed by atoms with Gasteiger partial charge < -0.3 is 9.47 Å². The fraction of sp³-hybridized carbons (Fsp3) is 0.250. The van der Waals surface area contributed by atoms with Crippen LogP contribution in [-0.2, 0) is 16.0 Å². The van der Waals surface area contributed by atoms with Crippen molar-refractivity contribution in [1.82, 2.24) is 4.98 Å². The zero-order chi connectivity index (χ0) is 18.4. The van der Waals surface area contributed by atoms with E-state index in [2.05, 4.69) is 4.98 Å². The number of ketones is 1. The molecule has 0 spiro atoms. The summed E-state index contributed by atoms with van der Waals surface area (Å²) in [4.78, 5) is 28.5. The van der Waals surface area contributed by atoms with Gasteiger partial charge in [0.15, 0.2) is 12.4 Å². The minimum absolute atomic E-state index is 0.247. The van der Waals surface area contributed by atoms with Gasteiger partial charge in [-0.25, -0.2) is 4.98 Å². The number of esters is 1. The van der Waals surface area contributed by atoms with Crippen LogP contribution in [0.3, 0.4) is 0 Å². The Labute approximate surface area is 155 Å². The van der Waals surface area contributed by atoms with Gasteiger partial charge in [-0.1, -0.05) is 24.3 Å². The first-order chi connectivity index (χ1) is 12.7. The second-order valence-electron chi connectivity index (χ2n) is 5.74. The van der Waals surface area contributed by atoms with E-state index in [-0.39, 0.29) is 24.8 Å². The van der Waals surface area contributed by atoms with Crippen molar-refractivity contribution in [2.24, 2.45) is 0 Å². The number of thiazole rings is 1. The standard InChI is InChI=1S/C20H19NO4S/c1-24-15-7-4-6-14(12-15)17(22)13-25-20(23)11-5-10-19-21-16-8-2-3-9-18(16)26-19/h2-4,6-9,12H,5,10-11,13H2,1H3. The number of methoxy groups -OCH3 is 1. The minimum Gasteiger partial charge on any atom is -0.497 e. The Morgan fingerprint density at radius 2 is 1.96 bits per heavy atom. The third kappa shape index (κ3) is 4.67. The number of Topliss-reactive ketones (excluding diaryl/α,β-unsaturated/α-hetero) is 1. The van der Waals surface area contributed by atoms with Crippen molar-refractivity contribution >= 4 is 33.3 Å². The second kappa shape index (κ2) is 8.58. The number of para-hydroxylation sites is 1. The van der Waals surface area contributed by atoms with E-state index in [1.807, 2.05) is 24.3 Å². The summed E-state index contributed by atoms with van der Waals surface area (Å²) >= 11 is 1.64. The molecule has 2 aromatic carbocycles. The molecule has 1 heterocycles. The summed E-state index contributed by atoms with van der Waals surface area (Å²) in [7, 11) is 1.54. The largest absolute Gasteiger partial charge is 0.497 e. The molecule has 26 heavy (non-hydrogen) atoms. The van der Waals surface area contributed by atoms with Crippen molar-refractivity contribution < 1.29 is 19.1 Å². The lowest BCUT2D eigenvalue weighted by Gasteiger charge is -2.05. The molecule has 0 N–H and O–H groups in total. The number of carbonyl (C=O) groups excluding carboxylic acids is 2. The van der Waals surface area contributed by atoms with Gasteiger partial charge in [-0.3, -0.25) is 9.59 Å². The van der Waals surface area contributed by atoms with Crippen molar-refractivity contribution in [2.75, 3.05) is 13.7 Å². The lowest BCUT2D eigenvalue weighted by atomic mass is 10.1. The summed E-state index contributed by atoms with van der Waals surface area (Å²) in [5, 5.41) is 1.01. The average molecular weight is 369 g/mol. The number of aromatic nitrogens is 1. The van der Waals surface area contributed by atoms with E-state index in [0.29, 0.717) is 17.7 Å². The molecule has 0 aliphatic heterocycles. The molecule has 1 aromatic heterocycles. The van der Waals surface area contributed by atoms with E-state index in [9.17, 15) is 9.59 Å². The molecular formula is C20H19NO4S. The Morgan fingerprint density at radius 3 is 2.77 bits per heavy atom. The highest BCUT2D eigenvalue weighted by molar-refractivity contribution is 7.18. The Bertz CT molecular complexity index is 886. The predicted molar refractivity (Wildman–Crippen MR) is 101 cm³/mol. The Morgan fingerprint density at radius 1 is 1.12 bits per heavy atom. The van der Waals surface area contributed by atoms with Crippen molar-refractivity contribution in [1.29, 1.82) is 0 Å². The van der Waals surface area contributed by atoms with E-state index in [4.69, 9.17) is 9.47 Å². The molecule has 0 fully saturated rings. The summed E-state index contributed by atoms with van der Waals surface area (Å²) in [6.07, 6.45) is 1.63. The van der Waals surface area contributed by atoms with Crippen LogP contribution in [0, 0.1) is 0 Å². The number of hydrogen-bond donors (Lipinski definition) is 0. The first kappa shape index (κ1) is 18.1. The van der Waals surface area contributed by atoms with Crippen LogP contribution >= 0.6 is 11.3 Å². The SMILES string of the molecule is COc1cccc(C(=O)COC(=O)CCCc2nc3ccccc3s2)c1. The highest BCUT2D eigenvalue weighted by Gasteiger charge is 2.11. The highest BCUT2D eigenvalue weighted by atomic mass is 32.1. The van der Waals surface area contributed by atoms with Gasteiger partial charge in [0.1, 0.15) is 5.75 Å². The van der Waals surface area contributed by atoms with Crippen LogP contribution in [0.5, 0.6) is 5.75 Å². The molecule has 0 amide bonds. The van der Waals surface area contributed by atoms with Crippen LogP contribution < -0.4 is 4.74 Å². The minimum atomic E-state index is -0.373. The molecular weight excluding hydrogens is 350 g/mol. The monoisotopic (exact) mass is 369 g/mol. The van der Waals surface area contributed by atoms with Gasteiger partial charge in [-0.15, -0.1) is 11.3 Å². The van der Waals surface area contributed by atoms with Crippen molar-refractivity contribution in [2.45, 2.75) is 19.3 Å². The number of fused-ring (bicyclic) bond motifs is 1. The molecule has 0 aliphatic carbocycles. The molecule has 0 saturated carbocycles. The van der Waals surface area contributed by atoms with Crippen LogP contribution in [-0.4, -0.2) is 30.5 Å². The molecule has 0 aliphatic rings. The van der Waals surface area contributed by atoms with Crippen LogP contribution in [0.1, 0.15) is 28.2 Å². The van der Waals surface area contributed by atoms with E-state index in [0.717, 1.165) is 21.6 Å². The molecule has 3 rings (SSSR count). The zero-order valence-corrected chi connectivity index (χ0v) is 15.3. The molecule has 6 heteroatoms. The number of aryl methyl sites for hydroxylation is 1. The molecule has 0 atom stereocenters. The van der Waals surface area contributed by atoms with Gasteiger partial charge >= 0.3 is 5.97 Å². The van der Waals surface area contributed by atoms with E-state index in [1.165, 1.54) is 7.11 Å². The Hall–Kier alpha value is -2.73. The average Bonchev–Trinajstić information content (AvgIpc) is 3.09. The molecule has 134 valence electrons. The second-order valence-corrected chi connectivity index (χ2v) is 6.86. The lowest BCUT2D eigenvalue weighted by Crippen LogP contribution is -2.14. The molecule has 5 nitrogen and oxygen atoms in total. The summed E-state index contributed by atoms with van der Waals surface area (Å²) in [5.41, 5.74) is 1.45. The van der Waals surface area contributed by atoms with Crippen LogP contribution in [0.2, 0.25) is 0 Å². The van der Waals surface area contributed by atoms with Crippen LogP contribution in [0.15, 0.2) is 48.5 Å². The third-order valence-electron chi connectivity index (χ3n) is 3.87. The van der Waals surface area contributed by atoms with Crippen LogP contribution in [0.4, 0.5) is 0 Å². The van der Waals surface area contributed by atoms with Gasteiger partial charge in [-0.2, -0.15) is 0 Å². The van der Waals surface area contributed by atoms with Gasteiger partial charge in [-0.05, 0) is 37.1 Å². The highest BCUT2D eigenvalue weighted by Crippen LogP contribution is 2.22. The van der Waals surface area contributed by atoms with Crippen molar-refractivity contribution in [3.63, 3.8) is 0 Å². The van der Waals surface area contributed by atoms with Gasteiger partial charge in [0, 0.05) is 12.0 Å². The number of carbonyl (C=O) groups is 2. The number of benzene rings is 2. The normalized spacial score (nSPS) is 10.7. The number of nitrogens with zero attached hydrogens (tertiary/aromatic N) is 1. The zero-order valence-electron chi connectivity index (χ0n) is 14.4. The Balaban J connectivity index is 1.43. The summed E-state index contributed by atoms with van der Waals surface area (Å²) in [6, 6.07) is 14.7. The molecule has 0 radical (unpaired) electrons. The molecule has 0 bridgehead atoms. The lowest BCUT2D eigenvalue weighted by molar-refractivity contribution is -0.142. The van der Waals surface area contributed by atoms with Gasteiger partial charge in [0.2, 0.25) is 0 Å². The van der Waals surface area contributed by atoms with Gasteiger partial charge in [0.25, 0.3) is 0 Å². The number of hydrogen-bond acceptors (Lipinski definition) is 6. The predicted octanol–water partition coefficient (Wildman–Crippen LogP) is 4.05. The number of rotatable bonds is 8. The number of ether oxygens (including phenoxy) is 2. The maximum absolute atomic E-state index is 12.1. The van der Waals surface area contributed by atoms with Gasteiger partial charge in [0.05, 0.1) is 22.3 Å². The topological polar surface area (TPSA) is 65.5 Å². The fourth-order valence-corrected chi connectivity index (χ4v) is 3.52. The quantitative estimate of drug-likeness (QED) is 0.443. The first-order valence-corrected chi connectivity index (χ1v) is 9.14. The molecule has 3 aromatic rings.